The van der Waals surface area contributed by atoms with Crippen molar-refractivity contribution in [3.63, 3.8) is 0 Å². The highest BCUT2D eigenvalue weighted by atomic mass is 32.1. The Balaban J connectivity index is 0.847. The Morgan fingerprint density at radius 1 is 0.197 bits per heavy atom. The normalized spacial score (nSPS) is 11.8. The molecule has 0 fully saturated rings. The largest absolute Gasteiger partial charge is 0.397 e. The van der Waals surface area contributed by atoms with Crippen LogP contribution in [0.3, 0.4) is 0 Å². The van der Waals surface area contributed by atoms with Crippen molar-refractivity contribution < 1.29 is 0 Å². The van der Waals surface area contributed by atoms with Crippen molar-refractivity contribution in [2.45, 2.75) is 0 Å². The highest BCUT2D eigenvalue weighted by molar-refractivity contribution is 7.26. The van der Waals surface area contributed by atoms with Crippen LogP contribution in [-0.2, 0) is 0 Å². The van der Waals surface area contributed by atoms with E-state index in [9.17, 15) is 0 Å². The molecule has 310 valence electrons. The van der Waals surface area contributed by atoms with Crippen LogP contribution in [0.5, 0.6) is 0 Å². The van der Waals surface area contributed by atoms with Crippen LogP contribution in [-0.4, -0.2) is 0 Å². The summed E-state index contributed by atoms with van der Waals surface area (Å²) < 4.78 is 5.28. The molecule has 13 aromatic rings. The molecule has 0 aliphatic rings. The number of benzene rings is 11. The smallest absolute Gasteiger partial charge is 0.0634 e. The summed E-state index contributed by atoms with van der Waals surface area (Å²) in [5.74, 6) is 0. The molecule has 0 amide bonds. The maximum atomic E-state index is 6.80. The first-order valence-electron chi connectivity index (χ1n) is 22.3. The highest BCUT2D eigenvalue weighted by Gasteiger charge is 2.15. The summed E-state index contributed by atoms with van der Waals surface area (Å²) in [7, 11) is 0. The molecule has 11 aromatic carbocycles. The third kappa shape index (κ3) is 6.45. The standard InChI is InChI=1S/C62H40N2S2/c63-61-51-25-21-45(41-13-5-9-37(29-41)39-11-7-15-43(31-39)47-23-27-59-55(35-47)49-17-1-3-19-57(49)65-59)33-53(51)54-34-46(22-26-52(54)62(61)64)42-14-6-10-38(30-42)40-12-8-16-44(32-40)48-24-28-60-56(36-48)50-18-2-4-20-58(50)66-60/h1-36H,63-64H2. The summed E-state index contributed by atoms with van der Waals surface area (Å²) in [5, 5.41) is 9.33. The van der Waals surface area contributed by atoms with Gasteiger partial charge in [0.15, 0.2) is 0 Å². The first-order chi connectivity index (χ1) is 32.5. The van der Waals surface area contributed by atoms with Gasteiger partial charge in [-0.15, -0.1) is 22.7 Å². The molecule has 4 N–H and O–H groups in total. The molecule has 4 heteroatoms. The second-order valence-electron chi connectivity index (χ2n) is 17.3. The zero-order valence-electron chi connectivity index (χ0n) is 35.8. The van der Waals surface area contributed by atoms with Gasteiger partial charge in [0.05, 0.1) is 11.4 Å². The fourth-order valence-electron chi connectivity index (χ4n) is 9.98. The van der Waals surface area contributed by atoms with E-state index in [1.165, 1.54) is 84.9 Å². The van der Waals surface area contributed by atoms with Gasteiger partial charge in [0.2, 0.25) is 0 Å². The van der Waals surface area contributed by atoms with E-state index < -0.39 is 0 Å². The van der Waals surface area contributed by atoms with Crippen molar-refractivity contribution in [1.82, 2.24) is 0 Å². The van der Waals surface area contributed by atoms with E-state index >= 15 is 0 Å². The number of fused-ring (bicyclic) bond motifs is 9. The van der Waals surface area contributed by atoms with Crippen LogP contribution in [0.25, 0.3) is 129 Å². The monoisotopic (exact) mass is 876 g/mol. The Labute approximate surface area is 390 Å². The molecular formula is C62H40N2S2. The van der Waals surface area contributed by atoms with Crippen molar-refractivity contribution in [3.8, 4) is 66.8 Å². The van der Waals surface area contributed by atoms with Crippen LogP contribution in [0.1, 0.15) is 0 Å². The van der Waals surface area contributed by atoms with Crippen molar-refractivity contribution in [2.24, 2.45) is 0 Å². The fraction of sp³-hybridized carbons (Fsp3) is 0. The third-order valence-corrected chi connectivity index (χ3v) is 15.7. The predicted molar refractivity (Wildman–Crippen MR) is 289 cm³/mol. The molecule has 2 heterocycles. The molecule has 13 rings (SSSR count). The van der Waals surface area contributed by atoms with Gasteiger partial charge in [-0.3, -0.25) is 0 Å². The SMILES string of the molecule is Nc1c(N)c2ccc(-c3cccc(-c4cccc(-c5ccc6sc7ccccc7c6c5)c4)c3)cc2c2cc(-c3cccc(-c4cccc(-c5ccc6sc7ccccc7c6c5)c4)c3)ccc12. The first kappa shape index (κ1) is 38.4. The third-order valence-electron chi connectivity index (χ3n) is 13.4. The highest BCUT2D eigenvalue weighted by Crippen LogP contribution is 2.43. The van der Waals surface area contributed by atoms with E-state index in [1.54, 1.807) is 0 Å². The maximum absolute atomic E-state index is 6.80. The zero-order valence-corrected chi connectivity index (χ0v) is 37.4. The van der Waals surface area contributed by atoms with Crippen molar-refractivity contribution in [1.29, 1.82) is 0 Å². The number of nitrogens with two attached hydrogens (primary N) is 2. The maximum Gasteiger partial charge on any atom is 0.0634 e. The van der Waals surface area contributed by atoms with Crippen LogP contribution in [0.15, 0.2) is 218 Å². The Bertz CT molecular complexity index is 3830. The number of thiophene rings is 2. The number of nitrogen functional groups attached to an aromatic ring is 2. The van der Waals surface area contributed by atoms with Gasteiger partial charge in [-0.25, -0.2) is 0 Å². The average molecular weight is 877 g/mol. The summed E-state index contributed by atoms with van der Waals surface area (Å²) in [6, 6.07) is 79.8. The Kier molecular flexibility index (Phi) is 8.92. The van der Waals surface area contributed by atoms with Crippen LogP contribution in [0.2, 0.25) is 0 Å². The van der Waals surface area contributed by atoms with Gasteiger partial charge in [-0.2, -0.15) is 0 Å². The topological polar surface area (TPSA) is 52.0 Å². The molecule has 66 heavy (non-hydrogen) atoms. The molecule has 0 bridgehead atoms. The number of anilines is 2. The lowest BCUT2D eigenvalue weighted by Crippen LogP contribution is -1.98. The second kappa shape index (κ2) is 15.3. The lowest BCUT2D eigenvalue weighted by atomic mass is 9.91. The predicted octanol–water partition coefficient (Wildman–Crippen LogP) is 17.9. The summed E-state index contributed by atoms with van der Waals surface area (Å²) in [5.41, 5.74) is 28.9. The van der Waals surface area contributed by atoms with E-state index in [0.717, 1.165) is 43.8 Å². The average Bonchev–Trinajstić information content (AvgIpc) is 3.95. The molecule has 0 radical (unpaired) electrons. The molecule has 0 unspecified atom stereocenters. The van der Waals surface area contributed by atoms with Gasteiger partial charge < -0.3 is 11.5 Å². The molecule has 0 saturated carbocycles. The van der Waals surface area contributed by atoms with Crippen LogP contribution in [0.4, 0.5) is 11.4 Å². The minimum absolute atomic E-state index is 0.615. The minimum Gasteiger partial charge on any atom is -0.397 e. The number of hydrogen-bond donors (Lipinski definition) is 2. The van der Waals surface area contributed by atoms with Gasteiger partial charge in [0.1, 0.15) is 0 Å². The molecule has 0 aliphatic carbocycles. The number of hydrogen-bond acceptors (Lipinski definition) is 4. The van der Waals surface area contributed by atoms with Crippen LogP contribution in [0, 0.1) is 0 Å². The quantitative estimate of drug-likeness (QED) is 0.0993. The van der Waals surface area contributed by atoms with Gasteiger partial charge in [-0.1, -0.05) is 146 Å². The van der Waals surface area contributed by atoms with Crippen molar-refractivity contribution in [2.75, 3.05) is 11.5 Å². The van der Waals surface area contributed by atoms with Crippen molar-refractivity contribution in [3.05, 3.63) is 218 Å². The van der Waals surface area contributed by atoms with E-state index in [0.29, 0.717) is 11.4 Å². The summed E-state index contributed by atoms with van der Waals surface area (Å²) >= 11 is 3.71. The minimum atomic E-state index is 0.615. The Morgan fingerprint density at radius 3 is 0.818 bits per heavy atom. The lowest BCUT2D eigenvalue weighted by Gasteiger charge is -2.15. The van der Waals surface area contributed by atoms with Gasteiger partial charge in [-0.05, 0) is 150 Å². The second-order valence-corrected chi connectivity index (χ2v) is 19.5. The number of rotatable bonds is 6. The first-order valence-corrected chi connectivity index (χ1v) is 23.9. The van der Waals surface area contributed by atoms with Crippen LogP contribution < -0.4 is 11.5 Å². The van der Waals surface area contributed by atoms with Crippen LogP contribution >= 0.6 is 22.7 Å². The molecule has 0 aliphatic heterocycles. The zero-order chi connectivity index (χ0) is 43.9. The van der Waals surface area contributed by atoms with E-state index in [2.05, 4.69) is 218 Å². The summed E-state index contributed by atoms with van der Waals surface area (Å²) in [6.45, 7) is 0. The Hall–Kier alpha value is -8.02. The molecule has 0 saturated heterocycles. The molecule has 0 atom stereocenters. The van der Waals surface area contributed by atoms with Gasteiger partial charge in [0.25, 0.3) is 0 Å². The van der Waals surface area contributed by atoms with E-state index in [-0.39, 0.29) is 0 Å². The van der Waals surface area contributed by atoms with Crippen molar-refractivity contribution >= 4 is 95.9 Å². The van der Waals surface area contributed by atoms with Gasteiger partial charge in [0, 0.05) is 51.1 Å². The Morgan fingerprint density at radius 2 is 0.470 bits per heavy atom. The van der Waals surface area contributed by atoms with E-state index in [4.69, 9.17) is 11.5 Å². The van der Waals surface area contributed by atoms with E-state index in [1.807, 2.05) is 22.7 Å². The summed E-state index contributed by atoms with van der Waals surface area (Å²) in [4.78, 5) is 0. The molecule has 2 nitrogen and oxygen atoms in total. The fourth-order valence-corrected chi connectivity index (χ4v) is 12.2. The molecule has 2 aromatic heterocycles. The molecular weight excluding hydrogens is 837 g/mol. The summed E-state index contributed by atoms with van der Waals surface area (Å²) in [6.07, 6.45) is 0. The lowest BCUT2D eigenvalue weighted by molar-refractivity contribution is 1.58. The van der Waals surface area contributed by atoms with Gasteiger partial charge >= 0.3 is 0 Å². The molecule has 0 spiro atoms.